The second-order valence-electron chi connectivity index (χ2n) is 6.54. The van der Waals surface area contributed by atoms with E-state index < -0.39 is 0 Å². The second kappa shape index (κ2) is 7.14. The van der Waals surface area contributed by atoms with E-state index >= 15 is 0 Å². The molecule has 0 spiro atoms. The van der Waals surface area contributed by atoms with Gasteiger partial charge < -0.3 is 15.3 Å². The molecule has 2 N–H and O–H groups in total. The number of para-hydroxylation sites is 1. The number of rotatable bonds is 4. The van der Waals surface area contributed by atoms with E-state index in [2.05, 4.69) is 34.5 Å². The third-order valence-corrected chi connectivity index (χ3v) is 4.88. The fourth-order valence-corrected chi connectivity index (χ4v) is 3.60. The Labute approximate surface area is 132 Å². The van der Waals surface area contributed by atoms with Crippen molar-refractivity contribution in [2.75, 3.05) is 18.0 Å². The first kappa shape index (κ1) is 15.3. The number of fused-ring (bicyclic) bond motifs is 1. The van der Waals surface area contributed by atoms with Crippen LogP contribution in [0.4, 0.5) is 5.69 Å². The average Bonchev–Trinajstić information content (AvgIpc) is 2.55. The van der Waals surface area contributed by atoms with Crippen LogP contribution in [0.2, 0.25) is 0 Å². The van der Waals surface area contributed by atoms with Crippen molar-refractivity contribution in [1.82, 2.24) is 5.32 Å². The minimum atomic E-state index is -0.169. The lowest BCUT2D eigenvalue weighted by molar-refractivity contribution is -0.122. The number of hydrogen-bond acceptors (Lipinski definition) is 3. The number of hydrogen-bond donors (Lipinski definition) is 2. The first-order chi connectivity index (χ1) is 10.7. The lowest BCUT2D eigenvalue weighted by Crippen LogP contribution is -2.40. The highest BCUT2D eigenvalue weighted by Gasteiger charge is 2.21. The zero-order chi connectivity index (χ0) is 15.4. The summed E-state index contributed by atoms with van der Waals surface area (Å²) in [5.74, 6) is 0.143. The number of benzene rings is 1. The number of nitrogens with zero attached hydrogens (tertiary/aromatic N) is 1. The quantitative estimate of drug-likeness (QED) is 0.897. The van der Waals surface area contributed by atoms with Gasteiger partial charge in [0, 0.05) is 31.2 Å². The van der Waals surface area contributed by atoms with E-state index in [0.717, 1.165) is 45.2 Å². The molecule has 4 nitrogen and oxygen atoms in total. The molecule has 0 atom stereocenters. The minimum absolute atomic E-state index is 0.143. The fraction of sp³-hybridized carbons (Fsp3) is 0.611. The van der Waals surface area contributed by atoms with Crippen LogP contribution in [0, 0.1) is 0 Å². The molecule has 0 radical (unpaired) electrons. The lowest BCUT2D eigenvalue weighted by atomic mass is 9.93. The molecule has 2 aliphatic rings. The maximum atomic E-state index is 12.1. The molecule has 0 saturated heterocycles. The Morgan fingerprint density at radius 2 is 2.00 bits per heavy atom. The zero-order valence-electron chi connectivity index (χ0n) is 13.1. The summed E-state index contributed by atoms with van der Waals surface area (Å²) in [7, 11) is 0. The molecule has 120 valence electrons. The van der Waals surface area contributed by atoms with Crippen LogP contribution in [-0.2, 0) is 11.2 Å². The number of amides is 1. The highest BCUT2D eigenvalue weighted by Crippen LogP contribution is 2.26. The topological polar surface area (TPSA) is 52.6 Å². The lowest BCUT2D eigenvalue weighted by Gasteiger charge is -2.31. The normalized spacial score (nSPS) is 24.7. The summed E-state index contributed by atoms with van der Waals surface area (Å²) >= 11 is 0. The van der Waals surface area contributed by atoms with Crippen molar-refractivity contribution in [2.45, 2.75) is 57.1 Å². The Hall–Kier alpha value is -1.55. The number of aliphatic hydroxyl groups excluding tert-OH is 1. The van der Waals surface area contributed by atoms with Gasteiger partial charge in [0.15, 0.2) is 0 Å². The van der Waals surface area contributed by atoms with Crippen LogP contribution in [0.5, 0.6) is 0 Å². The Morgan fingerprint density at radius 3 is 2.82 bits per heavy atom. The molecule has 0 unspecified atom stereocenters. The summed E-state index contributed by atoms with van der Waals surface area (Å²) in [6.45, 7) is 1.83. The Morgan fingerprint density at radius 1 is 1.23 bits per heavy atom. The molecular weight excluding hydrogens is 276 g/mol. The summed E-state index contributed by atoms with van der Waals surface area (Å²) < 4.78 is 0. The van der Waals surface area contributed by atoms with Gasteiger partial charge in [0.05, 0.1) is 6.10 Å². The van der Waals surface area contributed by atoms with Crippen LogP contribution < -0.4 is 10.2 Å². The van der Waals surface area contributed by atoms with E-state index in [4.69, 9.17) is 0 Å². The Kier molecular flexibility index (Phi) is 4.98. The Balaban J connectivity index is 1.48. The summed E-state index contributed by atoms with van der Waals surface area (Å²) in [5, 5.41) is 12.6. The first-order valence-corrected chi connectivity index (χ1v) is 8.52. The van der Waals surface area contributed by atoms with Crippen molar-refractivity contribution in [2.24, 2.45) is 0 Å². The van der Waals surface area contributed by atoms with Crippen LogP contribution in [0.1, 0.15) is 44.1 Å². The predicted octanol–water partition coefficient (Wildman–Crippen LogP) is 2.25. The van der Waals surface area contributed by atoms with Crippen LogP contribution in [0.15, 0.2) is 24.3 Å². The van der Waals surface area contributed by atoms with Gasteiger partial charge in [0.25, 0.3) is 0 Å². The molecule has 1 saturated carbocycles. The first-order valence-electron chi connectivity index (χ1n) is 8.52. The highest BCUT2D eigenvalue weighted by atomic mass is 16.3. The molecule has 4 heteroatoms. The van der Waals surface area contributed by atoms with Crippen molar-refractivity contribution in [1.29, 1.82) is 0 Å². The van der Waals surface area contributed by atoms with E-state index in [1.165, 1.54) is 17.7 Å². The number of aryl methyl sites for hydroxylation is 1. The molecule has 22 heavy (non-hydrogen) atoms. The van der Waals surface area contributed by atoms with Gasteiger partial charge in [-0.25, -0.2) is 0 Å². The third kappa shape index (κ3) is 3.80. The van der Waals surface area contributed by atoms with Crippen LogP contribution in [0.25, 0.3) is 0 Å². The number of anilines is 1. The fourth-order valence-electron chi connectivity index (χ4n) is 3.60. The van der Waals surface area contributed by atoms with E-state index in [0.29, 0.717) is 6.42 Å². The molecule has 1 aromatic rings. The van der Waals surface area contributed by atoms with Gasteiger partial charge in [-0.1, -0.05) is 18.2 Å². The van der Waals surface area contributed by atoms with E-state index in [-0.39, 0.29) is 18.1 Å². The number of aliphatic hydroxyl groups is 1. The summed E-state index contributed by atoms with van der Waals surface area (Å²) in [6.07, 6.45) is 6.11. The van der Waals surface area contributed by atoms with Gasteiger partial charge in [-0.15, -0.1) is 0 Å². The van der Waals surface area contributed by atoms with Crippen molar-refractivity contribution >= 4 is 11.6 Å². The maximum absolute atomic E-state index is 12.1. The summed E-state index contributed by atoms with van der Waals surface area (Å²) in [6, 6.07) is 8.77. The molecule has 1 heterocycles. The van der Waals surface area contributed by atoms with Gasteiger partial charge in [0.2, 0.25) is 5.91 Å². The number of nitrogens with one attached hydrogen (secondary N) is 1. The van der Waals surface area contributed by atoms with E-state index in [9.17, 15) is 9.90 Å². The smallest absolute Gasteiger partial charge is 0.221 e. The van der Waals surface area contributed by atoms with E-state index in [1.54, 1.807) is 0 Å². The monoisotopic (exact) mass is 302 g/mol. The third-order valence-electron chi connectivity index (χ3n) is 4.88. The summed E-state index contributed by atoms with van der Waals surface area (Å²) in [5.41, 5.74) is 2.69. The van der Waals surface area contributed by atoms with Crippen LogP contribution in [-0.4, -0.2) is 36.2 Å². The molecule has 3 rings (SSSR count). The summed E-state index contributed by atoms with van der Waals surface area (Å²) in [4.78, 5) is 14.5. The van der Waals surface area contributed by atoms with Crippen LogP contribution in [0.3, 0.4) is 0 Å². The van der Waals surface area contributed by atoms with Gasteiger partial charge >= 0.3 is 0 Å². The molecule has 1 aliphatic carbocycles. The van der Waals surface area contributed by atoms with Crippen molar-refractivity contribution in [3.8, 4) is 0 Å². The van der Waals surface area contributed by atoms with Gasteiger partial charge in [-0.2, -0.15) is 0 Å². The standard InChI is InChI=1S/C18H26N2O2/c21-16-9-7-15(8-10-16)19-18(22)11-13-20-12-3-5-14-4-1-2-6-17(14)20/h1-2,4,6,15-16,21H,3,5,7-13H2,(H,19,22). The number of carbonyl (C=O) groups excluding carboxylic acids is 1. The molecule has 1 aromatic carbocycles. The Bertz CT molecular complexity index is 510. The number of carbonyl (C=O) groups is 1. The zero-order valence-corrected chi connectivity index (χ0v) is 13.1. The van der Waals surface area contributed by atoms with Crippen LogP contribution >= 0.6 is 0 Å². The maximum Gasteiger partial charge on any atom is 0.221 e. The highest BCUT2D eigenvalue weighted by molar-refractivity contribution is 5.77. The molecule has 1 aliphatic heterocycles. The van der Waals surface area contributed by atoms with E-state index in [1.807, 2.05) is 0 Å². The van der Waals surface area contributed by atoms with Gasteiger partial charge in [-0.05, 0) is 50.2 Å². The van der Waals surface area contributed by atoms with Crippen molar-refractivity contribution in [3.63, 3.8) is 0 Å². The SMILES string of the molecule is O=C(CCN1CCCc2ccccc21)NC1CCC(O)CC1. The molecular formula is C18H26N2O2. The van der Waals surface area contributed by atoms with Gasteiger partial charge in [0.1, 0.15) is 0 Å². The van der Waals surface area contributed by atoms with Crippen molar-refractivity contribution in [3.05, 3.63) is 29.8 Å². The molecule has 0 bridgehead atoms. The minimum Gasteiger partial charge on any atom is -0.393 e. The second-order valence-corrected chi connectivity index (χ2v) is 6.54. The molecule has 0 aromatic heterocycles. The predicted molar refractivity (Wildman–Crippen MR) is 88.0 cm³/mol. The van der Waals surface area contributed by atoms with Crippen molar-refractivity contribution < 1.29 is 9.90 Å². The molecule has 1 fully saturated rings. The average molecular weight is 302 g/mol. The molecule has 1 amide bonds. The largest absolute Gasteiger partial charge is 0.393 e. The van der Waals surface area contributed by atoms with Gasteiger partial charge in [-0.3, -0.25) is 4.79 Å².